The summed E-state index contributed by atoms with van der Waals surface area (Å²) in [6.07, 6.45) is 8.62. The molecule has 1 saturated heterocycles. The molecule has 1 spiro atoms. The minimum absolute atomic E-state index is 0.219. The molecule has 26 heavy (non-hydrogen) atoms. The highest BCUT2D eigenvalue weighted by atomic mass is 16.3. The maximum Gasteiger partial charge on any atom is 0.0738 e. The zero-order chi connectivity index (χ0) is 17.7. The number of piperidine rings is 1. The van der Waals surface area contributed by atoms with Crippen molar-refractivity contribution >= 4 is 6.08 Å². The van der Waals surface area contributed by atoms with E-state index in [1.807, 2.05) is 0 Å². The lowest BCUT2D eigenvalue weighted by atomic mass is 9.73. The number of benzene rings is 2. The third kappa shape index (κ3) is 2.55. The largest absolute Gasteiger partial charge is 0.391 e. The lowest BCUT2D eigenvalue weighted by Gasteiger charge is -2.45. The van der Waals surface area contributed by atoms with Crippen molar-refractivity contribution in [3.8, 4) is 0 Å². The van der Waals surface area contributed by atoms with E-state index < -0.39 is 0 Å². The van der Waals surface area contributed by atoms with E-state index in [0.717, 1.165) is 38.8 Å². The van der Waals surface area contributed by atoms with Gasteiger partial charge in [-0.25, -0.2) is 0 Å². The third-order valence-electron chi connectivity index (χ3n) is 6.91. The lowest BCUT2D eigenvalue weighted by Crippen LogP contribution is -2.53. The van der Waals surface area contributed by atoms with Gasteiger partial charge < -0.3 is 5.11 Å². The molecule has 0 bridgehead atoms. The van der Waals surface area contributed by atoms with Crippen molar-refractivity contribution in [1.82, 2.24) is 4.90 Å². The molecule has 0 saturated carbocycles. The van der Waals surface area contributed by atoms with Gasteiger partial charge in [0, 0.05) is 17.9 Å². The van der Waals surface area contributed by atoms with Crippen LogP contribution in [0.25, 0.3) is 6.08 Å². The van der Waals surface area contributed by atoms with Gasteiger partial charge in [-0.3, -0.25) is 4.90 Å². The molecule has 3 aliphatic rings. The first-order valence-corrected chi connectivity index (χ1v) is 9.94. The Hall–Kier alpha value is -1.90. The number of fused-ring (bicyclic) bond motifs is 3. The summed E-state index contributed by atoms with van der Waals surface area (Å²) in [5.74, 6) is 0. The van der Waals surface area contributed by atoms with Crippen LogP contribution in [0.4, 0.5) is 0 Å². The second-order valence-corrected chi connectivity index (χ2v) is 8.43. The monoisotopic (exact) mass is 345 g/mol. The van der Waals surface area contributed by atoms with Gasteiger partial charge in [0.15, 0.2) is 0 Å². The molecule has 2 aromatic rings. The van der Waals surface area contributed by atoms with Crippen LogP contribution in [0, 0.1) is 6.92 Å². The first-order valence-electron chi connectivity index (χ1n) is 9.94. The van der Waals surface area contributed by atoms with Crippen LogP contribution in [-0.4, -0.2) is 35.2 Å². The predicted octanol–water partition coefficient (Wildman–Crippen LogP) is 3.88. The van der Waals surface area contributed by atoms with Crippen molar-refractivity contribution in [1.29, 1.82) is 0 Å². The van der Waals surface area contributed by atoms with Crippen molar-refractivity contribution in [2.45, 2.75) is 50.2 Å². The summed E-state index contributed by atoms with van der Waals surface area (Å²) < 4.78 is 0. The van der Waals surface area contributed by atoms with Gasteiger partial charge in [-0.05, 0) is 61.5 Å². The lowest BCUT2D eigenvalue weighted by molar-refractivity contribution is 0.0237. The van der Waals surface area contributed by atoms with Crippen LogP contribution >= 0.6 is 0 Å². The van der Waals surface area contributed by atoms with E-state index in [0.29, 0.717) is 0 Å². The second kappa shape index (κ2) is 6.07. The molecule has 1 N–H and O–H groups in total. The van der Waals surface area contributed by atoms with Crippen LogP contribution in [0.15, 0.2) is 48.5 Å². The Labute approximate surface area is 156 Å². The fourth-order valence-electron chi connectivity index (χ4n) is 5.35. The summed E-state index contributed by atoms with van der Waals surface area (Å²) >= 11 is 0. The summed E-state index contributed by atoms with van der Waals surface area (Å²) in [7, 11) is 0. The maximum atomic E-state index is 10.8. The van der Waals surface area contributed by atoms with Crippen molar-refractivity contribution in [3.05, 3.63) is 76.4 Å². The predicted molar refractivity (Wildman–Crippen MR) is 106 cm³/mol. The zero-order valence-corrected chi connectivity index (χ0v) is 15.5. The molecule has 2 atom stereocenters. The number of likely N-dealkylation sites (tertiary alicyclic amines) is 1. The minimum atomic E-state index is -0.243. The first kappa shape index (κ1) is 16.3. The summed E-state index contributed by atoms with van der Waals surface area (Å²) in [6, 6.07) is 15.8. The smallest absolute Gasteiger partial charge is 0.0738 e. The molecule has 1 heterocycles. The van der Waals surface area contributed by atoms with Crippen LogP contribution in [0.5, 0.6) is 0 Å². The van der Waals surface area contributed by atoms with Crippen molar-refractivity contribution in [2.24, 2.45) is 0 Å². The summed E-state index contributed by atoms with van der Waals surface area (Å²) in [5.41, 5.74) is 7.23. The van der Waals surface area contributed by atoms with Gasteiger partial charge >= 0.3 is 0 Å². The molecule has 5 rings (SSSR count). The first-order chi connectivity index (χ1) is 12.6. The van der Waals surface area contributed by atoms with Gasteiger partial charge in [0.1, 0.15) is 0 Å². The molecule has 0 amide bonds. The number of hydrogen-bond acceptors (Lipinski definition) is 2. The number of rotatable bonds is 1. The Morgan fingerprint density at radius 3 is 2.50 bits per heavy atom. The number of aliphatic hydroxyl groups excluding tert-OH is 1. The molecule has 134 valence electrons. The molecule has 2 unspecified atom stereocenters. The number of allylic oxidation sites excluding steroid dienone is 1. The van der Waals surface area contributed by atoms with E-state index in [4.69, 9.17) is 0 Å². The minimum Gasteiger partial charge on any atom is -0.391 e. The van der Waals surface area contributed by atoms with Gasteiger partial charge in [0.25, 0.3) is 0 Å². The summed E-state index contributed by atoms with van der Waals surface area (Å²) in [6.45, 7) is 4.31. The molecule has 0 aromatic heterocycles. The fourth-order valence-corrected chi connectivity index (χ4v) is 5.35. The van der Waals surface area contributed by atoms with Crippen LogP contribution in [0.1, 0.15) is 40.7 Å². The standard InChI is InChI=1S/C24H27NO/c1-17-6-7-21-20(14-17)8-9-24(21)10-12-25(13-11-24)22-15-18-4-2-3-5-19(18)16-23(22)26/h2-9,14,22-23,26H,10-13,15-16H2,1H3. The average Bonchev–Trinajstić information content (AvgIpc) is 2.99. The van der Waals surface area contributed by atoms with Gasteiger partial charge in [0.05, 0.1) is 6.10 Å². The Bertz CT molecular complexity index is 860. The Kier molecular flexibility index (Phi) is 3.80. The SMILES string of the molecule is Cc1ccc2c(c1)C=CC21CCN(C2Cc3ccccc3CC2O)CC1. The zero-order valence-electron chi connectivity index (χ0n) is 15.5. The highest BCUT2D eigenvalue weighted by molar-refractivity contribution is 5.66. The number of aryl methyl sites for hydroxylation is 1. The fraction of sp³-hybridized carbons (Fsp3) is 0.417. The molecule has 1 aliphatic heterocycles. The van der Waals surface area contributed by atoms with Gasteiger partial charge in [0.2, 0.25) is 0 Å². The molecule has 2 aromatic carbocycles. The van der Waals surface area contributed by atoms with Crippen LogP contribution in [0.2, 0.25) is 0 Å². The molecular weight excluding hydrogens is 318 g/mol. The number of hydrogen-bond donors (Lipinski definition) is 1. The van der Waals surface area contributed by atoms with E-state index in [-0.39, 0.29) is 17.6 Å². The van der Waals surface area contributed by atoms with E-state index >= 15 is 0 Å². The number of nitrogens with zero attached hydrogens (tertiary/aromatic N) is 1. The second-order valence-electron chi connectivity index (χ2n) is 8.43. The quantitative estimate of drug-likeness (QED) is 0.848. The van der Waals surface area contributed by atoms with Crippen LogP contribution in [0.3, 0.4) is 0 Å². The van der Waals surface area contributed by atoms with E-state index in [1.165, 1.54) is 27.8 Å². The third-order valence-corrected chi connectivity index (χ3v) is 6.91. The van der Waals surface area contributed by atoms with Crippen molar-refractivity contribution in [3.63, 3.8) is 0 Å². The molecule has 1 fully saturated rings. The van der Waals surface area contributed by atoms with Gasteiger partial charge in [-0.2, -0.15) is 0 Å². The molecular formula is C24H27NO. The maximum absolute atomic E-state index is 10.8. The summed E-state index contributed by atoms with van der Waals surface area (Å²) in [5, 5.41) is 10.8. The molecule has 2 nitrogen and oxygen atoms in total. The highest BCUT2D eigenvalue weighted by Gasteiger charge is 2.41. The topological polar surface area (TPSA) is 23.5 Å². The normalized spacial score (nSPS) is 26.7. The molecule has 2 aliphatic carbocycles. The number of aliphatic hydroxyl groups is 1. The average molecular weight is 345 g/mol. The Balaban J connectivity index is 1.34. The van der Waals surface area contributed by atoms with Crippen molar-refractivity contribution < 1.29 is 5.11 Å². The molecule has 0 radical (unpaired) electrons. The van der Waals surface area contributed by atoms with Gasteiger partial charge in [-0.1, -0.05) is 60.2 Å². The summed E-state index contributed by atoms with van der Waals surface area (Å²) in [4.78, 5) is 2.55. The van der Waals surface area contributed by atoms with E-state index in [1.54, 1.807) is 0 Å². The Morgan fingerprint density at radius 1 is 1.00 bits per heavy atom. The van der Waals surface area contributed by atoms with E-state index in [2.05, 4.69) is 66.4 Å². The van der Waals surface area contributed by atoms with E-state index in [9.17, 15) is 5.11 Å². The van der Waals surface area contributed by atoms with Gasteiger partial charge in [-0.15, -0.1) is 0 Å². The molecule has 2 heteroatoms. The Morgan fingerprint density at radius 2 is 1.73 bits per heavy atom. The highest BCUT2D eigenvalue weighted by Crippen LogP contribution is 2.44. The van der Waals surface area contributed by atoms with Crippen LogP contribution < -0.4 is 0 Å². The van der Waals surface area contributed by atoms with Crippen LogP contribution in [-0.2, 0) is 18.3 Å². The van der Waals surface area contributed by atoms with Crippen molar-refractivity contribution in [2.75, 3.05) is 13.1 Å².